The van der Waals surface area contributed by atoms with Crippen LogP contribution in [0, 0.1) is 5.82 Å². The summed E-state index contributed by atoms with van der Waals surface area (Å²) in [5.41, 5.74) is -0.353. The third kappa shape index (κ3) is 6.02. The summed E-state index contributed by atoms with van der Waals surface area (Å²) >= 11 is 0. The van der Waals surface area contributed by atoms with Crippen molar-refractivity contribution < 1.29 is 36.6 Å². The minimum Gasteiger partial charge on any atom is -0.493 e. The Bertz CT molecular complexity index is 1520. The van der Waals surface area contributed by atoms with Gasteiger partial charge in [0.1, 0.15) is 29.6 Å². The maximum Gasteiger partial charge on any atom is 0.416 e. The van der Waals surface area contributed by atoms with Crippen LogP contribution < -0.4 is 14.8 Å². The molecule has 1 aliphatic heterocycles. The van der Waals surface area contributed by atoms with Crippen molar-refractivity contribution in [2.24, 2.45) is 0 Å². The van der Waals surface area contributed by atoms with Crippen molar-refractivity contribution in [3.63, 3.8) is 0 Å². The van der Waals surface area contributed by atoms with E-state index in [1.807, 2.05) is 0 Å². The number of amides is 1. The number of hydrogen-bond donors (Lipinski definition) is 1. The van der Waals surface area contributed by atoms with Crippen molar-refractivity contribution in [1.29, 1.82) is 0 Å². The number of nitrogens with one attached hydrogen (secondary N) is 1. The van der Waals surface area contributed by atoms with E-state index in [4.69, 9.17) is 14.2 Å². The lowest BCUT2D eigenvalue weighted by Gasteiger charge is -2.26. The number of carbonyl (C=O) groups excluding carboxylic acids is 1. The maximum absolute atomic E-state index is 14.0. The minimum absolute atomic E-state index is 0.197. The molecule has 0 aliphatic carbocycles. The van der Waals surface area contributed by atoms with E-state index >= 15 is 0 Å². The number of anilines is 1. The fraction of sp³-hybridized carbons (Fsp3) is 0.286. The molecule has 1 aliphatic rings. The molecule has 2 aromatic carbocycles. The molecule has 0 unspecified atom stereocenters. The number of hydrogen-bond acceptors (Lipinski definition) is 6. The average molecular weight is 559 g/mol. The van der Waals surface area contributed by atoms with Crippen LogP contribution in [0.2, 0.25) is 0 Å². The molecule has 40 heavy (non-hydrogen) atoms. The first-order valence-corrected chi connectivity index (χ1v) is 12.5. The Labute approximate surface area is 227 Å². The van der Waals surface area contributed by atoms with E-state index in [1.54, 1.807) is 47.0 Å². The Morgan fingerprint density at radius 2 is 1.88 bits per heavy atom. The quantitative estimate of drug-likeness (QED) is 0.302. The first kappa shape index (κ1) is 27.4. The fourth-order valence-electron chi connectivity index (χ4n) is 4.43. The van der Waals surface area contributed by atoms with Gasteiger partial charge in [-0.05, 0) is 48.5 Å². The van der Waals surface area contributed by atoms with Gasteiger partial charge in [-0.15, -0.1) is 0 Å². The second-order valence-electron chi connectivity index (χ2n) is 9.09. The summed E-state index contributed by atoms with van der Waals surface area (Å²) < 4.78 is 72.2. The van der Waals surface area contributed by atoms with Gasteiger partial charge in [-0.2, -0.15) is 13.2 Å². The predicted octanol–water partition coefficient (Wildman–Crippen LogP) is 5.13. The van der Waals surface area contributed by atoms with Crippen LogP contribution in [0.5, 0.6) is 11.5 Å². The Kier molecular flexibility index (Phi) is 7.90. The number of benzene rings is 2. The first-order chi connectivity index (χ1) is 19.2. The fourth-order valence-corrected chi connectivity index (χ4v) is 4.43. The number of morpholine rings is 1. The normalized spacial score (nSPS) is 14.3. The summed E-state index contributed by atoms with van der Waals surface area (Å²) in [6.07, 6.45) is -3.16. The van der Waals surface area contributed by atoms with Gasteiger partial charge in [-0.3, -0.25) is 14.1 Å². The van der Waals surface area contributed by atoms with Crippen LogP contribution in [0.1, 0.15) is 15.9 Å². The number of halogens is 4. The zero-order valence-corrected chi connectivity index (χ0v) is 21.5. The minimum atomic E-state index is -4.81. The van der Waals surface area contributed by atoms with Gasteiger partial charge in [0.25, 0.3) is 5.91 Å². The van der Waals surface area contributed by atoms with Crippen molar-refractivity contribution in [1.82, 2.24) is 14.3 Å². The van der Waals surface area contributed by atoms with E-state index in [2.05, 4.69) is 15.2 Å². The summed E-state index contributed by atoms with van der Waals surface area (Å²) in [4.78, 5) is 19.9. The highest BCUT2D eigenvalue weighted by Gasteiger charge is 2.32. The zero-order valence-electron chi connectivity index (χ0n) is 21.5. The number of pyridine rings is 1. The molecule has 4 aromatic rings. The lowest BCUT2D eigenvalue weighted by molar-refractivity contribution is -0.137. The molecule has 1 saturated heterocycles. The highest BCUT2D eigenvalue weighted by molar-refractivity contribution is 6.06. The van der Waals surface area contributed by atoms with E-state index in [9.17, 15) is 22.4 Å². The highest BCUT2D eigenvalue weighted by Crippen LogP contribution is 2.36. The molecule has 12 heteroatoms. The van der Waals surface area contributed by atoms with Gasteiger partial charge < -0.3 is 19.5 Å². The van der Waals surface area contributed by atoms with Gasteiger partial charge >= 0.3 is 6.18 Å². The number of alkyl halides is 3. The van der Waals surface area contributed by atoms with Gasteiger partial charge in [0.15, 0.2) is 11.5 Å². The van der Waals surface area contributed by atoms with Crippen LogP contribution in [0.15, 0.2) is 60.8 Å². The molecule has 0 saturated carbocycles. The van der Waals surface area contributed by atoms with Crippen LogP contribution in [0.3, 0.4) is 0 Å². The predicted molar refractivity (Wildman–Crippen MR) is 139 cm³/mol. The molecule has 5 rings (SSSR count). The monoisotopic (exact) mass is 558 g/mol. The molecule has 210 valence electrons. The molecule has 1 N–H and O–H groups in total. The van der Waals surface area contributed by atoms with Crippen LogP contribution in [0.4, 0.5) is 23.4 Å². The van der Waals surface area contributed by atoms with Crippen LogP contribution >= 0.6 is 0 Å². The second kappa shape index (κ2) is 11.5. The van der Waals surface area contributed by atoms with Crippen molar-refractivity contribution in [3.8, 4) is 22.8 Å². The Morgan fingerprint density at radius 3 is 2.62 bits per heavy atom. The van der Waals surface area contributed by atoms with Crippen LogP contribution in [0.25, 0.3) is 16.9 Å². The van der Waals surface area contributed by atoms with E-state index in [1.165, 1.54) is 7.11 Å². The SMILES string of the molecule is COc1ccc(-c2nc3ccccn3c2NC(=O)c2cc(F)cc(C(F)(F)F)c2)cc1OCCN1CCOCC1. The average Bonchev–Trinajstić information content (AvgIpc) is 3.31. The largest absolute Gasteiger partial charge is 0.493 e. The van der Waals surface area contributed by atoms with E-state index in [0.29, 0.717) is 66.9 Å². The number of methoxy groups -OCH3 is 1. The van der Waals surface area contributed by atoms with Crippen LogP contribution in [-0.4, -0.2) is 66.8 Å². The number of aromatic nitrogens is 2. The van der Waals surface area contributed by atoms with Crippen molar-refractivity contribution in [3.05, 3.63) is 77.7 Å². The number of rotatable bonds is 8. The van der Waals surface area contributed by atoms with E-state index in [0.717, 1.165) is 19.2 Å². The molecule has 0 bridgehead atoms. The molecule has 1 fully saturated rings. The van der Waals surface area contributed by atoms with Crippen molar-refractivity contribution in [2.75, 3.05) is 51.9 Å². The molecular formula is C28H26F4N4O4. The third-order valence-corrected chi connectivity index (χ3v) is 6.46. The Balaban J connectivity index is 1.46. The van der Waals surface area contributed by atoms with Crippen LogP contribution in [-0.2, 0) is 10.9 Å². The molecule has 0 spiro atoms. The van der Waals surface area contributed by atoms with Gasteiger partial charge in [-0.25, -0.2) is 9.37 Å². The summed E-state index contributed by atoms with van der Waals surface area (Å²) in [6, 6.07) is 12.0. The Hall–Kier alpha value is -4.16. The van der Waals surface area contributed by atoms with E-state index < -0.39 is 29.0 Å². The second-order valence-corrected chi connectivity index (χ2v) is 9.09. The first-order valence-electron chi connectivity index (χ1n) is 12.5. The van der Waals surface area contributed by atoms with Gasteiger partial charge in [-0.1, -0.05) is 6.07 Å². The smallest absolute Gasteiger partial charge is 0.416 e. The number of ether oxygens (including phenoxy) is 3. The molecule has 0 atom stereocenters. The summed E-state index contributed by atoms with van der Waals surface area (Å²) in [6.45, 7) is 4.08. The van der Waals surface area contributed by atoms with Crippen molar-refractivity contribution in [2.45, 2.75) is 6.18 Å². The maximum atomic E-state index is 14.0. The molecule has 2 aromatic heterocycles. The number of imidazole rings is 1. The number of nitrogens with zero attached hydrogens (tertiary/aromatic N) is 3. The highest BCUT2D eigenvalue weighted by atomic mass is 19.4. The third-order valence-electron chi connectivity index (χ3n) is 6.46. The van der Waals surface area contributed by atoms with Crippen molar-refractivity contribution >= 4 is 17.4 Å². The summed E-state index contributed by atoms with van der Waals surface area (Å²) in [7, 11) is 1.52. The zero-order chi connectivity index (χ0) is 28.3. The summed E-state index contributed by atoms with van der Waals surface area (Å²) in [5.74, 6) is -0.940. The molecular weight excluding hydrogens is 532 g/mol. The lowest BCUT2D eigenvalue weighted by atomic mass is 10.1. The standard InChI is InChI=1S/C28H26F4N4O4/c1-38-22-6-5-18(16-23(22)40-13-10-35-8-11-39-12-9-35)25-26(36-7-3-2-4-24(36)33-25)34-27(37)19-14-20(28(30,31)32)17-21(29)15-19/h2-7,14-17H,8-13H2,1H3,(H,34,37). The molecule has 3 heterocycles. The number of carbonyl (C=O) groups is 1. The van der Waals surface area contributed by atoms with Gasteiger partial charge in [0, 0.05) is 37.0 Å². The topological polar surface area (TPSA) is 77.3 Å². The lowest BCUT2D eigenvalue weighted by Crippen LogP contribution is -2.38. The molecule has 8 nitrogen and oxygen atoms in total. The summed E-state index contributed by atoms with van der Waals surface area (Å²) in [5, 5.41) is 2.63. The molecule has 0 radical (unpaired) electrons. The van der Waals surface area contributed by atoms with E-state index in [-0.39, 0.29) is 5.82 Å². The molecule has 1 amide bonds. The number of fused-ring (bicyclic) bond motifs is 1. The van der Waals surface area contributed by atoms with Gasteiger partial charge in [0.05, 0.1) is 25.9 Å². The Morgan fingerprint density at radius 1 is 1.07 bits per heavy atom. The van der Waals surface area contributed by atoms with Gasteiger partial charge in [0.2, 0.25) is 0 Å².